The second-order valence-corrected chi connectivity index (χ2v) is 4.73. The molecule has 4 heteroatoms. The molecule has 0 spiro atoms. The lowest BCUT2D eigenvalue weighted by Gasteiger charge is -2.17. The number of rotatable bonds is 5. The Balaban J connectivity index is 2.36. The molecule has 0 bridgehead atoms. The van der Waals surface area contributed by atoms with Gasteiger partial charge in [0.1, 0.15) is 0 Å². The summed E-state index contributed by atoms with van der Waals surface area (Å²) in [5, 5.41) is 5.63. The largest absolute Gasteiger partial charge is 0.305 e. The van der Waals surface area contributed by atoms with E-state index in [-0.39, 0.29) is 6.04 Å². The molecule has 0 aromatic carbocycles. The van der Waals surface area contributed by atoms with Crippen LogP contribution in [-0.2, 0) is 6.42 Å². The molecule has 0 fully saturated rings. The average molecular weight is 247 g/mol. The smallest absolute Gasteiger partial charge is 0.0863 e. The van der Waals surface area contributed by atoms with Gasteiger partial charge in [-0.25, -0.2) is 0 Å². The van der Waals surface area contributed by atoms with E-state index in [1.165, 1.54) is 10.4 Å². The van der Waals surface area contributed by atoms with Crippen LogP contribution in [0.3, 0.4) is 0 Å². The first-order valence-electron chi connectivity index (χ1n) is 5.92. The van der Waals surface area contributed by atoms with E-state index in [2.05, 4.69) is 40.6 Å². The molecule has 1 N–H and O–H groups in total. The fourth-order valence-corrected chi connectivity index (χ4v) is 2.97. The molecular formula is C13H17N3S. The molecule has 1 atom stereocenters. The van der Waals surface area contributed by atoms with Gasteiger partial charge in [0, 0.05) is 17.3 Å². The minimum absolute atomic E-state index is 0.170. The van der Waals surface area contributed by atoms with Crippen LogP contribution in [0.25, 0.3) is 0 Å². The van der Waals surface area contributed by atoms with Crippen LogP contribution in [0, 0.1) is 0 Å². The minimum atomic E-state index is 0.170. The highest BCUT2D eigenvalue weighted by atomic mass is 32.1. The van der Waals surface area contributed by atoms with Crippen molar-refractivity contribution < 1.29 is 0 Å². The van der Waals surface area contributed by atoms with Crippen molar-refractivity contribution in [1.82, 2.24) is 15.3 Å². The fourth-order valence-electron chi connectivity index (χ4n) is 1.89. The molecule has 2 aromatic rings. The van der Waals surface area contributed by atoms with Crippen molar-refractivity contribution in [3.8, 4) is 0 Å². The summed E-state index contributed by atoms with van der Waals surface area (Å²) in [6, 6.07) is 2.37. The second-order valence-electron chi connectivity index (χ2n) is 3.78. The monoisotopic (exact) mass is 247 g/mol. The van der Waals surface area contributed by atoms with Crippen LogP contribution in [0.5, 0.6) is 0 Å². The summed E-state index contributed by atoms with van der Waals surface area (Å²) >= 11 is 1.79. The van der Waals surface area contributed by atoms with Crippen LogP contribution in [0.4, 0.5) is 0 Å². The third kappa shape index (κ3) is 2.70. The van der Waals surface area contributed by atoms with Crippen LogP contribution in [0.1, 0.15) is 36.0 Å². The molecule has 0 radical (unpaired) electrons. The molecule has 2 aromatic heterocycles. The summed E-state index contributed by atoms with van der Waals surface area (Å²) < 4.78 is 0. The second kappa shape index (κ2) is 5.89. The Bertz CT molecular complexity index is 453. The lowest BCUT2D eigenvalue weighted by molar-refractivity contribution is 0.617. The predicted molar refractivity (Wildman–Crippen MR) is 71.2 cm³/mol. The van der Waals surface area contributed by atoms with Gasteiger partial charge in [0.15, 0.2) is 0 Å². The van der Waals surface area contributed by atoms with Gasteiger partial charge in [-0.15, -0.1) is 11.3 Å². The van der Waals surface area contributed by atoms with E-state index < -0.39 is 0 Å². The highest BCUT2D eigenvalue weighted by Gasteiger charge is 2.18. The first-order chi connectivity index (χ1) is 8.36. The van der Waals surface area contributed by atoms with Gasteiger partial charge in [-0.3, -0.25) is 9.97 Å². The lowest BCUT2D eigenvalue weighted by atomic mass is 10.1. The summed E-state index contributed by atoms with van der Waals surface area (Å²) in [7, 11) is 0. The molecule has 17 heavy (non-hydrogen) atoms. The lowest BCUT2D eigenvalue weighted by Crippen LogP contribution is -2.23. The molecule has 0 amide bonds. The van der Waals surface area contributed by atoms with Crippen molar-refractivity contribution in [2.24, 2.45) is 0 Å². The third-order valence-electron chi connectivity index (χ3n) is 2.71. The van der Waals surface area contributed by atoms with Crippen LogP contribution in [0.2, 0.25) is 0 Å². The Morgan fingerprint density at radius 1 is 1.35 bits per heavy atom. The van der Waals surface area contributed by atoms with Gasteiger partial charge in [0.05, 0.1) is 17.9 Å². The first kappa shape index (κ1) is 12.2. The van der Waals surface area contributed by atoms with E-state index in [0.29, 0.717) is 0 Å². The standard InChI is InChI=1S/C13H17N3S/c1-3-10-5-8-17-13(10)12(15-4-2)11-9-14-6-7-16-11/h5-9,12,15H,3-4H2,1-2H3. The Morgan fingerprint density at radius 3 is 2.88 bits per heavy atom. The number of hydrogen-bond donors (Lipinski definition) is 1. The van der Waals surface area contributed by atoms with Crippen molar-refractivity contribution >= 4 is 11.3 Å². The Kier molecular flexibility index (Phi) is 4.23. The maximum absolute atomic E-state index is 4.41. The molecule has 2 rings (SSSR count). The molecule has 2 heterocycles. The summed E-state index contributed by atoms with van der Waals surface area (Å²) in [6.45, 7) is 5.22. The van der Waals surface area contributed by atoms with Gasteiger partial charge >= 0.3 is 0 Å². The van der Waals surface area contributed by atoms with Crippen LogP contribution in [-0.4, -0.2) is 16.5 Å². The normalized spacial score (nSPS) is 12.6. The first-order valence-corrected chi connectivity index (χ1v) is 6.80. The Morgan fingerprint density at radius 2 is 2.24 bits per heavy atom. The summed E-state index contributed by atoms with van der Waals surface area (Å²) in [6.07, 6.45) is 6.36. The van der Waals surface area contributed by atoms with Gasteiger partial charge < -0.3 is 5.32 Å². The third-order valence-corrected chi connectivity index (χ3v) is 3.73. The van der Waals surface area contributed by atoms with Crippen LogP contribution >= 0.6 is 11.3 Å². The summed E-state index contributed by atoms with van der Waals surface area (Å²) in [4.78, 5) is 9.92. The molecule has 0 aliphatic carbocycles. The highest BCUT2D eigenvalue weighted by molar-refractivity contribution is 7.10. The number of nitrogens with zero attached hydrogens (tertiary/aromatic N) is 2. The van der Waals surface area contributed by atoms with Crippen molar-refractivity contribution in [2.75, 3.05) is 6.54 Å². The van der Waals surface area contributed by atoms with E-state index in [4.69, 9.17) is 0 Å². The van der Waals surface area contributed by atoms with Gasteiger partial charge in [0.25, 0.3) is 0 Å². The molecule has 0 saturated heterocycles. The topological polar surface area (TPSA) is 37.8 Å². The van der Waals surface area contributed by atoms with Crippen molar-refractivity contribution in [3.05, 3.63) is 46.2 Å². The molecular weight excluding hydrogens is 230 g/mol. The van der Waals surface area contributed by atoms with Crippen LogP contribution < -0.4 is 5.32 Å². The van der Waals surface area contributed by atoms with Gasteiger partial charge in [-0.1, -0.05) is 13.8 Å². The average Bonchev–Trinajstić information content (AvgIpc) is 2.85. The number of nitrogens with one attached hydrogen (secondary N) is 1. The minimum Gasteiger partial charge on any atom is -0.305 e. The zero-order chi connectivity index (χ0) is 12.1. The van der Waals surface area contributed by atoms with Gasteiger partial charge in [-0.05, 0) is 30.0 Å². The van der Waals surface area contributed by atoms with E-state index in [1.54, 1.807) is 23.7 Å². The molecule has 0 saturated carbocycles. The molecule has 0 aliphatic heterocycles. The number of aromatic nitrogens is 2. The molecule has 0 aliphatic rings. The van der Waals surface area contributed by atoms with Crippen molar-refractivity contribution in [1.29, 1.82) is 0 Å². The van der Waals surface area contributed by atoms with Crippen LogP contribution in [0.15, 0.2) is 30.0 Å². The maximum atomic E-state index is 4.41. The fraction of sp³-hybridized carbons (Fsp3) is 0.385. The Hall–Kier alpha value is -1.26. The number of thiophene rings is 1. The van der Waals surface area contributed by atoms with E-state index in [9.17, 15) is 0 Å². The van der Waals surface area contributed by atoms with E-state index in [0.717, 1.165) is 18.7 Å². The number of hydrogen-bond acceptors (Lipinski definition) is 4. The van der Waals surface area contributed by atoms with E-state index >= 15 is 0 Å². The zero-order valence-corrected chi connectivity index (χ0v) is 11.0. The van der Waals surface area contributed by atoms with Gasteiger partial charge in [-0.2, -0.15) is 0 Å². The summed E-state index contributed by atoms with van der Waals surface area (Å²) in [5.74, 6) is 0. The molecule has 1 unspecified atom stereocenters. The SMILES string of the molecule is CCNC(c1cnccn1)c1sccc1CC. The Labute approximate surface area is 106 Å². The number of aryl methyl sites for hydroxylation is 1. The van der Waals surface area contributed by atoms with Gasteiger partial charge in [0.2, 0.25) is 0 Å². The maximum Gasteiger partial charge on any atom is 0.0863 e. The predicted octanol–water partition coefficient (Wildman–Crippen LogP) is 2.80. The van der Waals surface area contributed by atoms with E-state index in [1.807, 2.05) is 6.20 Å². The quantitative estimate of drug-likeness (QED) is 0.883. The van der Waals surface area contributed by atoms with Crippen molar-refractivity contribution in [3.63, 3.8) is 0 Å². The summed E-state index contributed by atoms with van der Waals surface area (Å²) in [5.41, 5.74) is 2.39. The zero-order valence-electron chi connectivity index (χ0n) is 10.2. The highest BCUT2D eigenvalue weighted by Crippen LogP contribution is 2.28. The van der Waals surface area contributed by atoms with Crippen molar-refractivity contribution in [2.45, 2.75) is 26.3 Å². The molecule has 90 valence electrons. The molecule has 3 nitrogen and oxygen atoms in total.